The fraction of sp³-hybridized carbons (Fsp3) is 0.222. The summed E-state index contributed by atoms with van der Waals surface area (Å²) in [4.78, 5) is 25.0. The predicted molar refractivity (Wildman–Crippen MR) is 92.7 cm³/mol. The van der Waals surface area contributed by atoms with Crippen molar-refractivity contribution < 1.29 is 9.59 Å². The highest BCUT2D eigenvalue weighted by Crippen LogP contribution is 2.14. The number of carbonyl (C=O) groups is 2. The Labute approximate surface area is 136 Å². The average molecular weight is 311 g/mol. The number of rotatable bonds is 6. The molecule has 5 heteroatoms. The molecule has 0 aliphatic rings. The fourth-order valence-corrected chi connectivity index (χ4v) is 2.16. The van der Waals surface area contributed by atoms with Crippen LogP contribution in [-0.2, 0) is 11.2 Å². The molecule has 2 aromatic carbocycles. The standard InChI is InChI=1S/C18H21N3O2/c1-21(2)16-10-3-13(4-11-16)5-12-17(22)20-15-8-6-14(7-9-15)18(19)23/h3-4,6-11H,5,12H2,1-2H3,(H2,19,23)(H,20,22). The third-order valence-electron chi connectivity index (χ3n) is 3.55. The van der Waals surface area contributed by atoms with Crippen LogP contribution in [0, 0.1) is 0 Å². The number of carbonyl (C=O) groups excluding carboxylic acids is 2. The van der Waals surface area contributed by atoms with Gasteiger partial charge in [0.1, 0.15) is 0 Å². The van der Waals surface area contributed by atoms with Crippen molar-refractivity contribution >= 4 is 23.2 Å². The molecule has 23 heavy (non-hydrogen) atoms. The van der Waals surface area contributed by atoms with Gasteiger partial charge >= 0.3 is 0 Å². The molecule has 0 bridgehead atoms. The van der Waals surface area contributed by atoms with E-state index in [1.165, 1.54) is 0 Å². The molecular formula is C18H21N3O2. The second-order valence-corrected chi connectivity index (χ2v) is 5.55. The molecule has 0 heterocycles. The van der Waals surface area contributed by atoms with Gasteiger partial charge in [-0.05, 0) is 48.4 Å². The van der Waals surface area contributed by atoms with E-state index in [0.717, 1.165) is 11.3 Å². The number of primary amides is 1. The summed E-state index contributed by atoms with van der Waals surface area (Å²) < 4.78 is 0. The summed E-state index contributed by atoms with van der Waals surface area (Å²) >= 11 is 0. The first kappa shape index (κ1) is 16.5. The van der Waals surface area contributed by atoms with Crippen LogP contribution in [0.4, 0.5) is 11.4 Å². The third kappa shape index (κ3) is 4.85. The monoisotopic (exact) mass is 311 g/mol. The van der Waals surface area contributed by atoms with Gasteiger partial charge in [0.25, 0.3) is 0 Å². The van der Waals surface area contributed by atoms with Crippen LogP contribution in [0.5, 0.6) is 0 Å². The maximum atomic E-state index is 12.0. The Bertz CT molecular complexity index is 676. The molecule has 0 aliphatic carbocycles. The minimum Gasteiger partial charge on any atom is -0.378 e. The van der Waals surface area contributed by atoms with Gasteiger partial charge in [0, 0.05) is 37.5 Å². The molecule has 0 radical (unpaired) electrons. The molecule has 0 spiro atoms. The molecule has 2 aromatic rings. The lowest BCUT2D eigenvalue weighted by Gasteiger charge is -2.12. The van der Waals surface area contributed by atoms with E-state index in [4.69, 9.17) is 5.73 Å². The van der Waals surface area contributed by atoms with Gasteiger partial charge in [-0.3, -0.25) is 9.59 Å². The van der Waals surface area contributed by atoms with Crippen molar-refractivity contribution in [1.82, 2.24) is 0 Å². The first-order chi connectivity index (χ1) is 11.0. The van der Waals surface area contributed by atoms with Crippen molar-refractivity contribution in [2.45, 2.75) is 12.8 Å². The minimum absolute atomic E-state index is 0.0616. The van der Waals surface area contributed by atoms with Crippen LogP contribution in [0.15, 0.2) is 48.5 Å². The van der Waals surface area contributed by atoms with Gasteiger partial charge in [0.05, 0.1) is 0 Å². The van der Waals surface area contributed by atoms with Gasteiger partial charge in [0.2, 0.25) is 11.8 Å². The lowest BCUT2D eigenvalue weighted by Crippen LogP contribution is -2.13. The highest BCUT2D eigenvalue weighted by atomic mass is 16.1. The van der Waals surface area contributed by atoms with E-state index in [-0.39, 0.29) is 5.91 Å². The predicted octanol–water partition coefficient (Wildman–Crippen LogP) is 2.42. The molecule has 5 nitrogen and oxygen atoms in total. The maximum absolute atomic E-state index is 12.0. The Morgan fingerprint density at radius 2 is 1.61 bits per heavy atom. The Morgan fingerprint density at radius 1 is 1.00 bits per heavy atom. The summed E-state index contributed by atoms with van der Waals surface area (Å²) in [5.74, 6) is -0.544. The maximum Gasteiger partial charge on any atom is 0.248 e. The van der Waals surface area contributed by atoms with E-state index in [0.29, 0.717) is 24.1 Å². The number of hydrogen-bond donors (Lipinski definition) is 2. The zero-order chi connectivity index (χ0) is 16.8. The zero-order valence-electron chi connectivity index (χ0n) is 13.4. The van der Waals surface area contributed by atoms with Crippen molar-refractivity contribution in [2.24, 2.45) is 5.73 Å². The smallest absolute Gasteiger partial charge is 0.248 e. The second-order valence-electron chi connectivity index (χ2n) is 5.55. The molecule has 0 fully saturated rings. The highest BCUT2D eigenvalue weighted by molar-refractivity contribution is 5.94. The molecule has 120 valence electrons. The van der Waals surface area contributed by atoms with Crippen LogP contribution in [0.1, 0.15) is 22.3 Å². The normalized spacial score (nSPS) is 10.2. The van der Waals surface area contributed by atoms with Crippen molar-refractivity contribution in [3.05, 3.63) is 59.7 Å². The molecule has 0 atom stereocenters. The summed E-state index contributed by atoms with van der Waals surface area (Å²) in [5, 5.41) is 2.81. The van der Waals surface area contributed by atoms with Gasteiger partial charge in [-0.25, -0.2) is 0 Å². The van der Waals surface area contributed by atoms with Gasteiger partial charge in [-0.15, -0.1) is 0 Å². The molecular weight excluding hydrogens is 290 g/mol. The summed E-state index contributed by atoms with van der Waals surface area (Å²) in [5.41, 5.74) is 8.51. The molecule has 3 N–H and O–H groups in total. The summed E-state index contributed by atoms with van der Waals surface area (Å²) in [6.07, 6.45) is 1.08. The zero-order valence-corrected chi connectivity index (χ0v) is 13.4. The number of amides is 2. The Hall–Kier alpha value is -2.82. The van der Waals surface area contributed by atoms with Gasteiger partial charge < -0.3 is 16.0 Å². The molecule has 0 aliphatic heterocycles. The summed E-state index contributed by atoms with van der Waals surface area (Å²) in [7, 11) is 3.98. The van der Waals surface area contributed by atoms with Gasteiger partial charge in [-0.2, -0.15) is 0 Å². The van der Waals surface area contributed by atoms with Crippen LogP contribution >= 0.6 is 0 Å². The second kappa shape index (κ2) is 7.45. The Morgan fingerprint density at radius 3 is 2.13 bits per heavy atom. The SMILES string of the molecule is CN(C)c1ccc(CCC(=O)Nc2ccc(C(N)=O)cc2)cc1. The van der Waals surface area contributed by atoms with Crippen LogP contribution in [-0.4, -0.2) is 25.9 Å². The van der Waals surface area contributed by atoms with E-state index in [1.807, 2.05) is 43.3 Å². The fourth-order valence-electron chi connectivity index (χ4n) is 2.16. The van der Waals surface area contributed by atoms with Crippen molar-refractivity contribution in [2.75, 3.05) is 24.3 Å². The lowest BCUT2D eigenvalue weighted by atomic mass is 10.1. The summed E-state index contributed by atoms with van der Waals surface area (Å²) in [6, 6.07) is 14.7. The number of anilines is 2. The van der Waals surface area contributed by atoms with E-state index in [2.05, 4.69) is 5.32 Å². The van der Waals surface area contributed by atoms with Crippen LogP contribution in [0.25, 0.3) is 0 Å². The largest absolute Gasteiger partial charge is 0.378 e. The molecule has 0 unspecified atom stereocenters. The first-order valence-electron chi connectivity index (χ1n) is 7.41. The third-order valence-corrected chi connectivity index (χ3v) is 3.55. The van der Waals surface area contributed by atoms with E-state index >= 15 is 0 Å². The molecule has 2 rings (SSSR count). The van der Waals surface area contributed by atoms with Crippen molar-refractivity contribution in [3.63, 3.8) is 0 Å². The Kier molecular flexibility index (Phi) is 5.36. The van der Waals surface area contributed by atoms with Gasteiger partial charge in [-0.1, -0.05) is 12.1 Å². The van der Waals surface area contributed by atoms with Crippen molar-refractivity contribution in [3.8, 4) is 0 Å². The van der Waals surface area contributed by atoms with E-state index in [9.17, 15) is 9.59 Å². The number of hydrogen-bond acceptors (Lipinski definition) is 3. The number of aryl methyl sites for hydroxylation is 1. The number of nitrogens with one attached hydrogen (secondary N) is 1. The molecule has 0 saturated carbocycles. The Balaban J connectivity index is 1.86. The molecule has 0 aromatic heterocycles. The molecule has 2 amide bonds. The quantitative estimate of drug-likeness (QED) is 0.860. The molecule has 0 saturated heterocycles. The van der Waals surface area contributed by atoms with Crippen molar-refractivity contribution in [1.29, 1.82) is 0 Å². The number of nitrogens with two attached hydrogens (primary N) is 1. The highest BCUT2D eigenvalue weighted by Gasteiger charge is 2.05. The van der Waals surface area contributed by atoms with E-state index in [1.54, 1.807) is 24.3 Å². The van der Waals surface area contributed by atoms with Crippen LogP contribution in [0.2, 0.25) is 0 Å². The number of benzene rings is 2. The minimum atomic E-state index is -0.482. The van der Waals surface area contributed by atoms with Crippen LogP contribution in [0.3, 0.4) is 0 Å². The first-order valence-corrected chi connectivity index (χ1v) is 7.41. The van der Waals surface area contributed by atoms with E-state index < -0.39 is 5.91 Å². The number of nitrogens with zero attached hydrogens (tertiary/aromatic N) is 1. The average Bonchev–Trinajstić information content (AvgIpc) is 2.54. The van der Waals surface area contributed by atoms with Crippen LogP contribution < -0.4 is 16.0 Å². The summed E-state index contributed by atoms with van der Waals surface area (Å²) in [6.45, 7) is 0. The topological polar surface area (TPSA) is 75.4 Å². The van der Waals surface area contributed by atoms with Gasteiger partial charge in [0.15, 0.2) is 0 Å². The lowest BCUT2D eigenvalue weighted by molar-refractivity contribution is -0.116.